The van der Waals surface area contributed by atoms with Crippen molar-refractivity contribution >= 4 is 11.8 Å². The summed E-state index contributed by atoms with van der Waals surface area (Å²) in [6.45, 7) is 0. The Morgan fingerprint density at radius 2 is 2.50 bits per heavy atom. The number of thioether (sulfide) groups is 1. The lowest BCUT2D eigenvalue weighted by atomic mass is 9.93. The van der Waals surface area contributed by atoms with Crippen molar-refractivity contribution < 1.29 is 0 Å². The van der Waals surface area contributed by atoms with Gasteiger partial charge in [-0.1, -0.05) is 6.07 Å². The molecule has 2 rings (SSSR count). The van der Waals surface area contributed by atoms with E-state index in [4.69, 9.17) is 5.73 Å². The zero-order chi connectivity index (χ0) is 9.80. The smallest absolute Gasteiger partial charge is 0.0299 e. The Hall–Kier alpha value is -0.540. The highest BCUT2D eigenvalue weighted by molar-refractivity contribution is 7.99. The number of nitrogens with two attached hydrogens (primary N) is 1. The molecule has 1 aliphatic heterocycles. The summed E-state index contributed by atoms with van der Waals surface area (Å²) >= 11 is 2.03. The molecular weight excluding hydrogens is 192 g/mol. The Bertz CT molecular complexity index is 276. The summed E-state index contributed by atoms with van der Waals surface area (Å²) in [4.78, 5) is 4.13. The van der Waals surface area contributed by atoms with E-state index in [0.29, 0.717) is 12.0 Å². The van der Waals surface area contributed by atoms with Crippen LogP contribution in [0.4, 0.5) is 0 Å². The monoisotopic (exact) mass is 208 g/mol. The summed E-state index contributed by atoms with van der Waals surface area (Å²) in [5, 5.41) is 0. The highest BCUT2D eigenvalue weighted by Gasteiger charge is 2.22. The molecule has 0 aliphatic carbocycles. The van der Waals surface area contributed by atoms with Gasteiger partial charge in [0.1, 0.15) is 0 Å². The maximum Gasteiger partial charge on any atom is 0.0299 e. The SMILES string of the molecule is NC1CCSCC1Cc1cccnc1. The van der Waals surface area contributed by atoms with Crippen LogP contribution < -0.4 is 5.73 Å². The van der Waals surface area contributed by atoms with Crippen LogP contribution in [-0.4, -0.2) is 22.5 Å². The van der Waals surface area contributed by atoms with Gasteiger partial charge in [-0.25, -0.2) is 0 Å². The average molecular weight is 208 g/mol. The molecule has 1 saturated heterocycles. The first-order valence-electron chi connectivity index (χ1n) is 5.08. The lowest BCUT2D eigenvalue weighted by Crippen LogP contribution is -2.36. The Balaban J connectivity index is 1.96. The fourth-order valence-corrected chi connectivity index (χ4v) is 3.12. The number of aromatic nitrogens is 1. The van der Waals surface area contributed by atoms with Crippen molar-refractivity contribution in [1.82, 2.24) is 4.98 Å². The lowest BCUT2D eigenvalue weighted by molar-refractivity contribution is 0.440. The van der Waals surface area contributed by atoms with Crippen molar-refractivity contribution in [2.45, 2.75) is 18.9 Å². The molecule has 2 heterocycles. The van der Waals surface area contributed by atoms with Gasteiger partial charge in [0.2, 0.25) is 0 Å². The second kappa shape index (κ2) is 4.80. The normalized spacial score (nSPS) is 27.5. The third kappa shape index (κ3) is 2.49. The van der Waals surface area contributed by atoms with Gasteiger partial charge in [0, 0.05) is 18.4 Å². The van der Waals surface area contributed by atoms with Crippen molar-refractivity contribution in [3.05, 3.63) is 30.1 Å². The van der Waals surface area contributed by atoms with Crippen LogP contribution in [0, 0.1) is 5.92 Å². The van der Waals surface area contributed by atoms with E-state index in [1.807, 2.05) is 30.2 Å². The average Bonchev–Trinajstić information content (AvgIpc) is 2.23. The van der Waals surface area contributed by atoms with Gasteiger partial charge in [0.15, 0.2) is 0 Å². The van der Waals surface area contributed by atoms with Crippen LogP contribution in [0.25, 0.3) is 0 Å². The van der Waals surface area contributed by atoms with E-state index in [2.05, 4.69) is 11.1 Å². The minimum Gasteiger partial charge on any atom is -0.327 e. The summed E-state index contributed by atoms with van der Waals surface area (Å²) in [6, 6.07) is 4.52. The minimum absolute atomic E-state index is 0.386. The second-order valence-corrected chi connectivity index (χ2v) is 5.00. The number of nitrogens with zero attached hydrogens (tertiary/aromatic N) is 1. The molecule has 0 bridgehead atoms. The van der Waals surface area contributed by atoms with Crippen molar-refractivity contribution in [3.63, 3.8) is 0 Å². The van der Waals surface area contributed by atoms with Crippen molar-refractivity contribution in [3.8, 4) is 0 Å². The molecule has 0 saturated carbocycles. The summed E-state index contributed by atoms with van der Waals surface area (Å²) in [7, 11) is 0. The molecule has 14 heavy (non-hydrogen) atoms. The van der Waals surface area contributed by atoms with Gasteiger partial charge in [-0.3, -0.25) is 4.98 Å². The maximum atomic E-state index is 6.09. The Labute approximate surface area is 89.3 Å². The van der Waals surface area contributed by atoms with E-state index >= 15 is 0 Å². The van der Waals surface area contributed by atoms with Crippen LogP contribution in [0.3, 0.4) is 0 Å². The molecule has 3 heteroatoms. The highest BCUT2D eigenvalue weighted by atomic mass is 32.2. The highest BCUT2D eigenvalue weighted by Crippen LogP contribution is 2.24. The van der Waals surface area contributed by atoms with Crippen LogP contribution in [0.1, 0.15) is 12.0 Å². The van der Waals surface area contributed by atoms with Crippen molar-refractivity contribution in [1.29, 1.82) is 0 Å². The van der Waals surface area contributed by atoms with Gasteiger partial charge in [0.05, 0.1) is 0 Å². The molecule has 0 radical (unpaired) electrons. The molecule has 2 nitrogen and oxygen atoms in total. The lowest BCUT2D eigenvalue weighted by Gasteiger charge is -2.28. The summed E-state index contributed by atoms with van der Waals surface area (Å²) < 4.78 is 0. The molecule has 2 N–H and O–H groups in total. The molecular formula is C11H16N2S. The third-order valence-electron chi connectivity index (χ3n) is 2.75. The van der Waals surface area contributed by atoms with Crippen LogP contribution in [-0.2, 0) is 6.42 Å². The van der Waals surface area contributed by atoms with Gasteiger partial charge in [-0.05, 0) is 41.9 Å². The molecule has 2 unspecified atom stereocenters. The van der Waals surface area contributed by atoms with E-state index in [0.717, 1.165) is 12.8 Å². The van der Waals surface area contributed by atoms with Gasteiger partial charge >= 0.3 is 0 Å². The predicted octanol–water partition coefficient (Wildman–Crippen LogP) is 1.70. The quantitative estimate of drug-likeness (QED) is 0.804. The van der Waals surface area contributed by atoms with Crippen molar-refractivity contribution in [2.75, 3.05) is 11.5 Å². The molecule has 76 valence electrons. The fourth-order valence-electron chi connectivity index (χ4n) is 1.85. The van der Waals surface area contributed by atoms with E-state index in [9.17, 15) is 0 Å². The summed E-state index contributed by atoms with van der Waals surface area (Å²) in [5.74, 6) is 3.07. The van der Waals surface area contributed by atoms with Crippen molar-refractivity contribution in [2.24, 2.45) is 11.7 Å². The fraction of sp³-hybridized carbons (Fsp3) is 0.545. The third-order valence-corrected chi connectivity index (χ3v) is 3.94. The van der Waals surface area contributed by atoms with E-state index in [1.54, 1.807) is 0 Å². The van der Waals surface area contributed by atoms with Gasteiger partial charge in [-0.15, -0.1) is 0 Å². The van der Waals surface area contributed by atoms with Crippen LogP contribution in [0.2, 0.25) is 0 Å². The predicted molar refractivity (Wildman–Crippen MR) is 61.3 cm³/mol. The molecule has 1 fully saturated rings. The molecule has 0 aromatic carbocycles. The van der Waals surface area contributed by atoms with Crippen LogP contribution in [0.5, 0.6) is 0 Å². The van der Waals surface area contributed by atoms with E-state index in [-0.39, 0.29) is 0 Å². The standard InChI is InChI=1S/C11H16N2S/c12-11-3-5-14-8-10(11)6-9-2-1-4-13-7-9/h1-2,4,7,10-11H,3,5-6,8,12H2. The van der Waals surface area contributed by atoms with Crippen LogP contribution in [0.15, 0.2) is 24.5 Å². The number of rotatable bonds is 2. The Kier molecular flexibility index (Phi) is 3.43. The molecule has 2 atom stereocenters. The van der Waals surface area contributed by atoms with E-state index < -0.39 is 0 Å². The summed E-state index contributed by atoms with van der Waals surface area (Å²) in [6.07, 6.45) is 6.02. The zero-order valence-corrected chi connectivity index (χ0v) is 9.04. The summed E-state index contributed by atoms with van der Waals surface area (Å²) in [5.41, 5.74) is 7.41. The van der Waals surface area contributed by atoms with E-state index in [1.165, 1.54) is 17.1 Å². The maximum absolute atomic E-state index is 6.09. The number of hydrogen-bond donors (Lipinski definition) is 1. The topological polar surface area (TPSA) is 38.9 Å². The van der Waals surface area contributed by atoms with Gasteiger partial charge < -0.3 is 5.73 Å². The van der Waals surface area contributed by atoms with Crippen LogP contribution >= 0.6 is 11.8 Å². The first kappa shape index (κ1) is 9.99. The molecule has 0 spiro atoms. The largest absolute Gasteiger partial charge is 0.327 e. The Morgan fingerprint density at radius 1 is 1.57 bits per heavy atom. The molecule has 0 amide bonds. The minimum atomic E-state index is 0.386. The molecule has 1 aromatic heterocycles. The zero-order valence-electron chi connectivity index (χ0n) is 8.23. The Morgan fingerprint density at radius 3 is 3.21 bits per heavy atom. The first-order chi connectivity index (χ1) is 6.86. The second-order valence-electron chi connectivity index (χ2n) is 3.85. The van der Waals surface area contributed by atoms with Gasteiger partial charge in [0.25, 0.3) is 0 Å². The number of pyridine rings is 1. The number of hydrogen-bond acceptors (Lipinski definition) is 3. The molecule has 1 aliphatic rings. The molecule has 1 aromatic rings. The first-order valence-corrected chi connectivity index (χ1v) is 6.24. The van der Waals surface area contributed by atoms with Gasteiger partial charge in [-0.2, -0.15) is 11.8 Å².